The van der Waals surface area contributed by atoms with Crippen molar-refractivity contribution in [1.82, 2.24) is 20.4 Å². The number of carbonyl (C=O) groups excluding carboxylic acids is 5. The molecule has 0 radical (unpaired) electrons. The summed E-state index contributed by atoms with van der Waals surface area (Å²) in [5, 5.41) is 5.95. The lowest BCUT2D eigenvalue weighted by Gasteiger charge is -2.42. The highest BCUT2D eigenvalue weighted by Gasteiger charge is 2.40. The molecule has 2 aromatic rings. The summed E-state index contributed by atoms with van der Waals surface area (Å²) in [6.07, 6.45) is 4.66. The van der Waals surface area contributed by atoms with E-state index in [-0.39, 0.29) is 42.0 Å². The Hall–Kier alpha value is -4.31. The lowest BCUT2D eigenvalue weighted by atomic mass is 9.84. The Morgan fingerprint density at radius 3 is 2.04 bits per heavy atom. The van der Waals surface area contributed by atoms with Gasteiger partial charge in [0.15, 0.2) is 5.78 Å². The van der Waals surface area contributed by atoms with E-state index >= 15 is 0 Å². The molecule has 290 valence electrons. The molecule has 53 heavy (non-hydrogen) atoms. The summed E-state index contributed by atoms with van der Waals surface area (Å²) in [6.45, 7) is 18.8. The maximum absolute atomic E-state index is 14.3. The predicted molar refractivity (Wildman–Crippen MR) is 209 cm³/mol. The number of hydrogen-bond acceptors (Lipinski definition) is 7. The Labute approximate surface area is 317 Å². The highest BCUT2D eigenvalue weighted by atomic mass is 16.5. The van der Waals surface area contributed by atoms with E-state index in [4.69, 9.17) is 4.74 Å². The lowest BCUT2D eigenvalue weighted by molar-refractivity contribution is -0.144. The van der Waals surface area contributed by atoms with E-state index in [2.05, 4.69) is 36.3 Å². The van der Waals surface area contributed by atoms with Crippen LogP contribution in [0.3, 0.4) is 0 Å². The molecule has 0 saturated carbocycles. The molecule has 2 aromatic carbocycles. The van der Waals surface area contributed by atoms with E-state index in [1.54, 1.807) is 61.3 Å². The van der Waals surface area contributed by atoms with Crippen molar-refractivity contribution in [3.63, 3.8) is 0 Å². The molecule has 0 bridgehead atoms. The van der Waals surface area contributed by atoms with Crippen molar-refractivity contribution < 1.29 is 28.7 Å². The zero-order valence-electron chi connectivity index (χ0n) is 33.7. The van der Waals surface area contributed by atoms with Crippen LogP contribution in [-0.4, -0.2) is 90.2 Å². The second-order valence-electron chi connectivity index (χ2n) is 16.2. The number of piperidine rings is 1. The first-order valence-corrected chi connectivity index (χ1v) is 19.0. The fourth-order valence-corrected chi connectivity index (χ4v) is 6.82. The standard InChI is InChI=1S/C43H62N4O6/c1-27(2)30(6)47-24-16-15-19-35(47)40(50)45-38(43(7,8)9)41(51)46(10)36(28(3)4)25-29(5)39(49)44-34(42(52)53-11)26-31-20-22-33(23-21-31)37(48)32-17-13-12-14-18-32/h12-14,17-18,20-23,25,27-28,30,34-36,38H,15-16,19,24,26H2,1-11H3,(H,44,49)(H,45,50)/t30?,34-,35?,36+,38+/m0/s1. The van der Waals surface area contributed by atoms with Gasteiger partial charge in [0, 0.05) is 36.2 Å². The molecule has 0 aromatic heterocycles. The van der Waals surface area contributed by atoms with Crippen molar-refractivity contribution in [1.29, 1.82) is 0 Å². The van der Waals surface area contributed by atoms with Crippen molar-refractivity contribution in [2.45, 2.75) is 118 Å². The van der Waals surface area contributed by atoms with Crippen molar-refractivity contribution in [3.05, 3.63) is 82.9 Å². The number of nitrogens with zero attached hydrogens (tertiary/aromatic N) is 2. The molecule has 3 rings (SSSR count). The summed E-state index contributed by atoms with van der Waals surface area (Å²) in [6, 6.07) is 13.6. The molecule has 1 heterocycles. The van der Waals surface area contributed by atoms with Gasteiger partial charge in [-0.1, -0.05) is 116 Å². The number of ether oxygens (including phenoxy) is 1. The van der Waals surface area contributed by atoms with Gasteiger partial charge in [-0.15, -0.1) is 0 Å². The molecular formula is C43H62N4O6. The van der Waals surface area contributed by atoms with Gasteiger partial charge in [0.25, 0.3) is 0 Å². The number of ketones is 1. The van der Waals surface area contributed by atoms with Crippen LogP contribution in [-0.2, 0) is 30.3 Å². The number of carbonyl (C=O) groups is 5. The first kappa shape index (κ1) is 43.1. The highest BCUT2D eigenvalue weighted by molar-refractivity contribution is 6.09. The summed E-state index contributed by atoms with van der Waals surface area (Å²) in [7, 11) is 2.97. The topological polar surface area (TPSA) is 125 Å². The Kier molecular flexibility index (Phi) is 15.6. The van der Waals surface area contributed by atoms with Crippen molar-refractivity contribution in [2.24, 2.45) is 17.3 Å². The Morgan fingerprint density at radius 1 is 0.887 bits per heavy atom. The number of nitrogens with one attached hydrogen (secondary N) is 2. The van der Waals surface area contributed by atoms with Crippen LogP contribution in [0.1, 0.15) is 103 Å². The first-order chi connectivity index (χ1) is 24.9. The van der Waals surface area contributed by atoms with Crippen LogP contribution in [0.2, 0.25) is 0 Å². The smallest absolute Gasteiger partial charge is 0.328 e. The van der Waals surface area contributed by atoms with Gasteiger partial charge in [0.1, 0.15) is 12.1 Å². The predicted octanol–water partition coefficient (Wildman–Crippen LogP) is 5.98. The van der Waals surface area contributed by atoms with E-state index in [1.807, 2.05) is 52.8 Å². The molecule has 1 aliphatic heterocycles. The van der Waals surface area contributed by atoms with Crippen LogP contribution in [0.15, 0.2) is 66.2 Å². The largest absolute Gasteiger partial charge is 0.467 e. The molecular weight excluding hydrogens is 668 g/mol. The Balaban J connectivity index is 1.77. The molecule has 0 spiro atoms. The van der Waals surface area contributed by atoms with Gasteiger partial charge in [0.2, 0.25) is 17.7 Å². The third-order valence-corrected chi connectivity index (χ3v) is 10.5. The number of rotatable bonds is 15. The van der Waals surface area contributed by atoms with Crippen molar-refractivity contribution in [2.75, 3.05) is 20.7 Å². The number of methoxy groups -OCH3 is 1. The minimum absolute atomic E-state index is 0.0720. The minimum Gasteiger partial charge on any atom is -0.467 e. The highest BCUT2D eigenvalue weighted by Crippen LogP contribution is 2.27. The van der Waals surface area contributed by atoms with Gasteiger partial charge in [-0.2, -0.15) is 0 Å². The second-order valence-corrected chi connectivity index (χ2v) is 16.2. The molecule has 2 unspecified atom stereocenters. The van der Waals surface area contributed by atoms with Gasteiger partial charge in [-0.25, -0.2) is 4.79 Å². The first-order valence-electron chi connectivity index (χ1n) is 19.0. The zero-order valence-corrected chi connectivity index (χ0v) is 33.7. The number of likely N-dealkylation sites (N-methyl/N-ethyl adjacent to an activating group) is 1. The maximum Gasteiger partial charge on any atom is 0.328 e. The number of likely N-dealkylation sites (tertiary alicyclic amines) is 1. The average molecular weight is 731 g/mol. The summed E-state index contributed by atoms with van der Waals surface area (Å²) < 4.78 is 5.02. The molecule has 1 fully saturated rings. The van der Waals surface area contributed by atoms with Crippen LogP contribution >= 0.6 is 0 Å². The number of benzene rings is 2. The second kappa shape index (κ2) is 19.1. The van der Waals surface area contributed by atoms with Crippen LogP contribution in [0, 0.1) is 17.3 Å². The van der Waals surface area contributed by atoms with Crippen LogP contribution < -0.4 is 10.6 Å². The molecule has 1 saturated heterocycles. The monoisotopic (exact) mass is 730 g/mol. The normalized spacial score (nSPS) is 17.8. The fourth-order valence-electron chi connectivity index (χ4n) is 6.82. The third-order valence-electron chi connectivity index (χ3n) is 10.5. The lowest BCUT2D eigenvalue weighted by Crippen LogP contribution is -2.61. The molecule has 10 nitrogen and oxygen atoms in total. The molecule has 2 N–H and O–H groups in total. The summed E-state index contributed by atoms with van der Waals surface area (Å²) in [5.74, 6) is -1.24. The van der Waals surface area contributed by atoms with Crippen molar-refractivity contribution in [3.8, 4) is 0 Å². The quantitative estimate of drug-likeness (QED) is 0.131. The summed E-state index contributed by atoms with van der Waals surface area (Å²) in [5.41, 5.74) is 1.58. The number of amides is 3. The molecule has 0 aliphatic carbocycles. The maximum atomic E-state index is 14.3. The fraction of sp³-hybridized carbons (Fsp3) is 0.558. The summed E-state index contributed by atoms with van der Waals surface area (Å²) >= 11 is 0. The van der Waals surface area contributed by atoms with Gasteiger partial charge in [-0.3, -0.25) is 24.1 Å². The van der Waals surface area contributed by atoms with Gasteiger partial charge < -0.3 is 20.3 Å². The Morgan fingerprint density at radius 2 is 1.49 bits per heavy atom. The number of esters is 1. The van der Waals surface area contributed by atoms with Crippen molar-refractivity contribution >= 4 is 29.5 Å². The molecule has 5 atom stereocenters. The van der Waals surface area contributed by atoms with E-state index in [9.17, 15) is 24.0 Å². The molecule has 10 heteroatoms. The molecule has 3 amide bonds. The van der Waals surface area contributed by atoms with Gasteiger partial charge >= 0.3 is 5.97 Å². The van der Waals surface area contributed by atoms with E-state index < -0.39 is 35.4 Å². The summed E-state index contributed by atoms with van der Waals surface area (Å²) in [4.78, 5) is 71.3. The van der Waals surface area contributed by atoms with E-state index in [0.717, 1.165) is 31.4 Å². The van der Waals surface area contributed by atoms with E-state index in [0.29, 0.717) is 22.6 Å². The van der Waals surface area contributed by atoms with E-state index in [1.165, 1.54) is 7.11 Å². The third kappa shape index (κ3) is 11.6. The Bertz CT molecular complexity index is 1590. The minimum atomic E-state index is -0.985. The zero-order chi connectivity index (χ0) is 39.6. The van der Waals surface area contributed by atoms with Gasteiger partial charge in [-0.05, 0) is 56.0 Å². The van der Waals surface area contributed by atoms with Crippen LogP contribution in [0.5, 0.6) is 0 Å². The van der Waals surface area contributed by atoms with Gasteiger partial charge in [0.05, 0.1) is 19.2 Å². The number of hydrogen-bond donors (Lipinski definition) is 2. The molecule has 1 aliphatic rings. The SMILES string of the molecule is COC(=O)[C@H](Cc1ccc(C(=O)c2ccccc2)cc1)NC(=O)C(C)=C[C@H](C(C)C)N(C)C(=O)[C@@H](NC(=O)C1CCCCN1C(C)C(C)C)C(C)(C)C. The van der Waals surface area contributed by atoms with Crippen LogP contribution in [0.4, 0.5) is 0 Å². The average Bonchev–Trinajstić information content (AvgIpc) is 3.13. The van der Waals surface area contributed by atoms with Crippen LogP contribution in [0.25, 0.3) is 0 Å².